The second-order valence-electron chi connectivity index (χ2n) is 3.47. The Kier molecular flexibility index (Phi) is 6.37. The largest absolute Gasteiger partial charge is 0.375 e. The van der Waals surface area contributed by atoms with Crippen LogP contribution in [-0.4, -0.2) is 31.6 Å². The fraction of sp³-hybridized carbons (Fsp3) is 0.600. The van der Waals surface area contributed by atoms with Crippen LogP contribution < -0.4 is 11.1 Å². The summed E-state index contributed by atoms with van der Waals surface area (Å²) < 4.78 is 4.63. The summed E-state index contributed by atoms with van der Waals surface area (Å²) in [5.74, 6) is -0.889. The Morgan fingerprint density at radius 2 is 2.07 bits per heavy atom. The topological polar surface area (TPSA) is 81.4 Å². The number of methoxy groups -OCH3 is 1. The van der Waals surface area contributed by atoms with Gasteiger partial charge in [0.2, 0.25) is 11.8 Å². The average Bonchev–Trinajstić information content (AvgIpc) is 2.11. The van der Waals surface area contributed by atoms with Gasteiger partial charge in [-0.1, -0.05) is 11.6 Å². The summed E-state index contributed by atoms with van der Waals surface area (Å²) in [4.78, 5) is 22.1. The molecular weight excluding hydrogens is 196 g/mol. The molecule has 0 aromatic rings. The van der Waals surface area contributed by atoms with E-state index in [1.54, 1.807) is 0 Å². The molecule has 0 bridgehead atoms. The first-order chi connectivity index (χ1) is 6.97. The van der Waals surface area contributed by atoms with Crippen molar-refractivity contribution in [3.8, 4) is 0 Å². The van der Waals surface area contributed by atoms with Crippen molar-refractivity contribution < 1.29 is 14.3 Å². The third-order valence-electron chi connectivity index (χ3n) is 1.72. The lowest BCUT2D eigenvalue weighted by Gasteiger charge is -2.13. The minimum atomic E-state index is -0.664. The maximum absolute atomic E-state index is 11.1. The van der Waals surface area contributed by atoms with Crippen molar-refractivity contribution in [2.45, 2.75) is 26.3 Å². The number of nitrogens with two attached hydrogens (primary N) is 1. The van der Waals surface area contributed by atoms with Crippen LogP contribution in [0.1, 0.15) is 20.3 Å². The number of hydrogen-bond donors (Lipinski definition) is 2. The quantitative estimate of drug-likeness (QED) is 0.609. The number of amides is 2. The molecule has 0 saturated heterocycles. The summed E-state index contributed by atoms with van der Waals surface area (Å²) in [6.45, 7) is 3.75. The van der Waals surface area contributed by atoms with E-state index in [2.05, 4.69) is 10.1 Å². The Labute approximate surface area is 89.7 Å². The van der Waals surface area contributed by atoms with Crippen LogP contribution in [0.2, 0.25) is 0 Å². The Balaban J connectivity index is 4.22. The fourth-order valence-electron chi connectivity index (χ4n) is 0.967. The highest BCUT2D eigenvalue weighted by atomic mass is 16.5. The Morgan fingerprint density at radius 3 is 2.47 bits per heavy atom. The molecule has 0 aromatic carbocycles. The smallest absolute Gasteiger partial charge is 0.246 e. The van der Waals surface area contributed by atoms with E-state index >= 15 is 0 Å². The van der Waals surface area contributed by atoms with E-state index in [4.69, 9.17) is 5.73 Å². The number of allylic oxidation sites excluding steroid dienone is 1. The Bertz CT molecular complexity index is 257. The summed E-state index contributed by atoms with van der Waals surface area (Å²) in [5, 5.41) is 2.49. The lowest BCUT2D eigenvalue weighted by atomic mass is 10.1. The van der Waals surface area contributed by atoms with Gasteiger partial charge in [-0.3, -0.25) is 9.59 Å². The van der Waals surface area contributed by atoms with E-state index in [1.807, 2.05) is 19.9 Å². The molecule has 0 fully saturated rings. The molecule has 1 atom stereocenters. The molecule has 0 saturated carbocycles. The molecular formula is C10H18N2O3. The second kappa shape index (κ2) is 7.00. The van der Waals surface area contributed by atoms with Crippen molar-refractivity contribution in [2.75, 3.05) is 13.7 Å². The van der Waals surface area contributed by atoms with Gasteiger partial charge in [-0.2, -0.15) is 0 Å². The van der Waals surface area contributed by atoms with Crippen LogP contribution in [-0.2, 0) is 14.3 Å². The number of primary amides is 1. The van der Waals surface area contributed by atoms with Crippen LogP contribution >= 0.6 is 0 Å². The zero-order valence-corrected chi connectivity index (χ0v) is 9.37. The van der Waals surface area contributed by atoms with Gasteiger partial charge >= 0.3 is 0 Å². The Morgan fingerprint density at radius 1 is 1.47 bits per heavy atom. The molecule has 0 aromatic heterocycles. The molecule has 0 unspecified atom stereocenters. The fourth-order valence-corrected chi connectivity index (χ4v) is 0.967. The van der Waals surface area contributed by atoms with Crippen molar-refractivity contribution in [1.82, 2.24) is 5.32 Å². The van der Waals surface area contributed by atoms with Crippen LogP contribution in [0.3, 0.4) is 0 Å². The summed E-state index contributed by atoms with van der Waals surface area (Å²) in [6.07, 6.45) is 2.26. The van der Waals surface area contributed by atoms with Crippen molar-refractivity contribution in [3.63, 3.8) is 0 Å². The van der Waals surface area contributed by atoms with Gasteiger partial charge in [0.25, 0.3) is 0 Å². The number of nitrogens with one attached hydrogen (secondary N) is 1. The number of carbonyl (C=O) groups excluding carboxylic acids is 2. The number of carbonyl (C=O) groups is 2. The van der Waals surface area contributed by atoms with E-state index in [0.29, 0.717) is 6.42 Å². The molecule has 0 heterocycles. The van der Waals surface area contributed by atoms with E-state index in [0.717, 1.165) is 5.57 Å². The third-order valence-corrected chi connectivity index (χ3v) is 1.72. The molecule has 0 spiro atoms. The standard InChI is InChI=1S/C10H18N2O3/c1-7(2)4-5-8(10(11)14)12-9(13)6-15-3/h4,8H,5-6H2,1-3H3,(H2,11,14)(H,12,13)/t8-/m1/s1. The summed E-state index contributed by atoms with van der Waals surface area (Å²) in [6, 6.07) is -0.664. The number of rotatable bonds is 6. The van der Waals surface area contributed by atoms with Crippen LogP contribution in [0.25, 0.3) is 0 Å². The molecule has 15 heavy (non-hydrogen) atoms. The molecule has 5 heteroatoms. The molecule has 5 nitrogen and oxygen atoms in total. The average molecular weight is 214 g/mol. The summed E-state index contributed by atoms with van der Waals surface area (Å²) >= 11 is 0. The lowest BCUT2D eigenvalue weighted by Crippen LogP contribution is -2.45. The van der Waals surface area contributed by atoms with E-state index in [-0.39, 0.29) is 12.5 Å². The number of hydrogen-bond acceptors (Lipinski definition) is 3. The molecule has 3 N–H and O–H groups in total. The molecule has 0 aliphatic rings. The second-order valence-corrected chi connectivity index (χ2v) is 3.47. The molecule has 0 rings (SSSR count). The van der Waals surface area contributed by atoms with Crippen LogP contribution in [0.15, 0.2) is 11.6 Å². The van der Waals surface area contributed by atoms with E-state index < -0.39 is 11.9 Å². The van der Waals surface area contributed by atoms with Gasteiger partial charge in [-0.05, 0) is 20.3 Å². The Hall–Kier alpha value is -1.36. The zero-order valence-electron chi connectivity index (χ0n) is 9.37. The first-order valence-corrected chi connectivity index (χ1v) is 4.68. The lowest BCUT2D eigenvalue weighted by molar-refractivity contribution is -0.129. The highest BCUT2D eigenvalue weighted by Crippen LogP contribution is 1.98. The minimum absolute atomic E-state index is 0.0708. The first kappa shape index (κ1) is 13.6. The maximum atomic E-state index is 11.1. The van der Waals surface area contributed by atoms with Gasteiger partial charge in [-0.25, -0.2) is 0 Å². The van der Waals surface area contributed by atoms with Crippen LogP contribution in [0, 0.1) is 0 Å². The monoisotopic (exact) mass is 214 g/mol. The van der Waals surface area contributed by atoms with E-state index in [9.17, 15) is 9.59 Å². The third kappa shape index (κ3) is 6.68. The van der Waals surface area contributed by atoms with Crippen molar-refractivity contribution in [2.24, 2.45) is 5.73 Å². The van der Waals surface area contributed by atoms with Crippen molar-refractivity contribution >= 4 is 11.8 Å². The number of ether oxygens (including phenoxy) is 1. The van der Waals surface area contributed by atoms with Gasteiger partial charge < -0.3 is 15.8 Å². The molecule has 2 amide bonds. The predicted molar refractivity (Wildman–Crippen MR) is 57.0 cm³/mol. The van der Waals surface area contributed by atoms with Crippen LogP contribution in [0.4, 0.5) is 0 Å². The van der Waals surface area contributed by atoms with Crippen LogP contribution in [0.5, 0.6) is 0 Å². The van der Waals surface area contributed by atoms with Gasteiger partial charge in [0.1, 0.15) is 12.6 Å². The highest BCUT2D eigenvalue weighted by Gasteiger charge is 2.16. The van der Waals surface area contributed by atoms with Crippen molar-refractivity contribution in [1.29, 1.82) is 0 Å². The highest BCUT2D eigenvalue weighted by molar-refractivity contribution is 5.87. The summed E-state index contributed by atoms with van der Waals surface area (Å²) in [5.41, 5.74) is 6.22. The zero-order chi connectivity index (χ0) is 11.8. The minimum Gasteiger partial charge on any atom is -0.375 e. The summed E-state index contributed by atoms with van der Waals surface area (Å²) in [7, 11) is 1.41. The van der Waals surface area contributed by atoms with Gasteiger partial charge in [-0.15, -0.1) is 0 Å². The first-order valence-electron chi connectivity index (χ1n) is 4.68. The maximum Gasteiger partial charge on any atom is 0.246 e. The molecule has 86 valence electrons. The molecule has 0 aliphatic heterocycles. The van der Waals surface area contributed by atoms with Gasteiger partial charge in [0.15, 0.2) is 0 Å². The SMILES string of the molecule is COCC(=O)N[C@H](CC=C(C)C)C(N)=O. The van der Waals surface area contributed by atoms with Crippen molar-refractivity contribution in [3.05, 3.63) is 11.6 Å². The van der Waals surface area contributed by atoms with Gasteiger partial charge in [0.05, 0.1) is 0 Å². The van der Waals surface area contributed by atoms with E-state index in [1.165, 1.54) is 7.11 Å². The predicted octanol–water partition coefficient (Wildman–Crippen LogP) is -0.0408. The molecule has 0 aliphatic carbocycles. The van der Waals surface area contributed by atoms with Gasteiger partial charge in [0, 0.05) is 7.11 Å². The molecule has 0 radical (unpaired) electrons. The normalized spacial score (nSPS) is 11.7.